The van der Waals surface area contributed by atoms with E-state index in [9.17, 15) is 8.42 Å². The minimum Gasteiger partial charge on any atom is -0.383 e. The van der Waals surface area contributed by atoms with Crippen LogP contribution < -0.4 is 15.7 Å². The van der Waals surface area contributed by atoms with E-state index in [1.807, 2.05) is 13.0 Å². The topological polar surface area (TPSA) is 108 Å². The third-order valence-corrected chi connectivity index (χ3v) is 3.27. The molecule has 4 N–H and O–H groups in total. The van der Waals surface area contributed by atoms with Gasteiger partial charge in [-0.2, -0.15) is 8.42 Å². The van der Waals surface area contributed by atoms with E-state index in [4.69, 9.17) is 15.7 Å². The number of unbranched alkanes of at least 4 members (excludes halogenated alkanes) is 2. The van der Waals surface area contributed by atoms with Gasteiger partial charge < -0.3 is 15.7 Å². The molecule has 0 aliphatic carbocycles. The summed E-state index contributed by atoms with van der Waals surface area (Å²) in [6, 6.07) is 5.51. The highest BCUT2D eigenvalue weighted by Crippen LogP contribution is 2.20. The monoisotopic (exact) mass is 567 g/mol. The van der Waals surface area contributed by atoms with Crippen molar-refractivity contribution in [2.24, 2.45) is 16.5 Å². The van der Waals surface area contributed by atoms with Crippen LogP contribution in [0.25, 0.3) is 0 Å². The van der Waals surface area contributed by atoms with Gasteiger partial charge in [-0.25, -0.2) is 0 Å². The van der Waals surface area contributed by atoms with Crippen LogP contribution >= 0.6 is 37.2 Å². The summed E-state index contributed by atoms with van der Waals surface area (Å²) >= 11 is 4.24. The Bertz CT molecular complexity index is 603. The van der Waals surface area contributed by atoms with Crippen LogP contribution in [-0.2, 0) is 16.5 Å². The van der Waals surface area contributed by atoms with Crippen LogP contribution in [0, 0.1) is 6.92 Å². The summed E-state index contributed by atoms with van der Waals surface area (Å²) in [6.45, 7) is 2.55. The van der Waals surface area contributed by atoms with Gasteiger partial charge in [0.1, 0.15) is 5.75 Å². The molecular formula is C14H23I2N3O3S. The zero-order valence-corrected chi connectivity index (χ0v) is 18.4. The normalized spacial score (nSPS) is 10.4. The number of aliphatic imine (C=N–C) groups is 1. The van der Waals surface area contributed by atoms with Crippen molar-refractivity contribution in [3.8, 4) is 5.75 Å². The van der Waals surface area contributed by atoms with Gasteiger partial charge in [-0.3, -0.25) is 4.99 Å². The van der Waals surface area contributed by atoms with Crippen LogP contribution in [0.4, 0.5) is 0 Å². The molecule has 0 spiro atoms. The molecule has 0 atom stereocenters. The van der Waals surface area contributed by atoms with Gasteiger partial charge >= 0.3 is 10.1 Å². The molecule has 0 aliphatic heterocycles. The maximum Gasteiger partial charge on any atom is 0.306 e. The second-order valence-electron chi connectivity index (χ2n) is 5.06. The van der Waals surface area contributed by atoms with Crippen LogP contribution in [-0.4, -0.2) is 27.2 Å². The van der Waals surface area contributed by atoms with E-state index in [0.717, 1.165) is 43.1 Å². The second-order valence-corrected chi connectivity index (χ2v) is 6.63. The Morgan fingerprint density at radius 3 is 2.39 bits per heavy atom. The van der Waals surface area contributed by atoms with Gasteiger partial charge in [0, 0.05) is 43.8 Å². The predicted octanol–water partition coefficient (Wildman–Crippen LogP) is 3.09. The first-order chi connectivity index (χ1) is 10.8. The highest BCUT2D eigenvalue weighted by atomic mass is 128. The summed E-state index contributed by atoms with van der Waals surface area (Å²) < 4.78 is 27.2. The van der Waals surface area contributed by atoms with E-state index in [1.54, 1.807) is 12.1 Å². The fraction of sp³-hybridized carbons (Fsp3) is 0.500. The largest absolute Gasteiger partial charge is 0.383 e. The average Bonchev–Trinajstić information content (AvgIpc) is 2.42. The Morgan fingerprint density at radius 2 is 1.83 bits per heavy atom. The van der Waals surface area contributed by atoms with Gasteiger partial charge in [-0.15, -0.1) is 0 Å². The molecule has 9 heteroatoms. The summed E-state index contributed by atoms with van der Waals surface area (Å²) in [7, 11) is -3.49. The minimum atomic E-state index is -3.49. The van der Waals surface area contributed by atoms with E-state index in [-0.39, 0.29) is 5.96 Å². The third kappa shape index (κ3) is 12.8. The van der Waals surface area contributed by atoms with Crippen molar-refractivity contribution in [2.75, 3.05) is 12.8 Å². The van der Waals surface area contributed by atoms with Gasteiger partial charge in [0.2, 0.25) is 0 Å². The van der Waals surface area contributed by atoms with E-state index in [1.165, 1.54) is 0 Å². The van der Waals surface area contributed by atoms with Crippen molar-refractivity contribution in [1.29, 1.82) is 0 Å². The molecule has 132 valence electrons. The Labute approximate surface area is 161 Å². The number of hydrogen-bond donors (Lipinski definition) is 2. The molecule has 1 aromatic carbocycles. The lowest BCUT2D eigenvalue weighted by molar-refractivity contribution is 0.492. The van der Waals surface area contributed by atoms with Gasteiger partial charge in [0.15, 0.2) is 5.96 Å². The standard InChI is InChI=1S/C14H23N3O3S.I2/c1-11-8-12(6-4-3-5-7-17-14(15)16)10-13(9-11)20-21(2,18)19;1-2/h8-10H,3-7H2,1-2H3,(H4,15,16,17);. The van der Waals surface area contributed by atoms with Crippen molar-refractivity contribution >= 4 is 53.3 Å². The summed E-state index contributed by atoms with van der Waals surface area (Å²) in [4.78, 5) is 3.92. The highest BCUT2D eigenvalue weighted by Gasteiger charge is 2.06. The Kier molecular flexibility index (Phi) is 12.0. The lowest BCUT2D eigenvalue weighted by atomic mass is 10.0. The van der Waals surface area contributed by atoms with Crippen molar-refractivity contribution in [2.45, 2.75) is 32.6 Å². The number of aryl methyl sites for hydroxylation is 2. The SMILES string of the molecule is Cc1cc(CCCCCN=C(N)N)cc(OS(C)(=O)=O)c1.II. The first kappa shape index (κ1) is 22.7. The molecule has 6 nitrogen and oxygen atoms in total. The second kappa shape index (κ2) is 12.1. The van der Waals surface area contributed by atoms with Gasteiger partial charge in [-0.1, -0.05) is 12.5 Å². The molecule has 0 radical (unpaired) electrons. The van der Waals surface area contributed by atoms with Crippen LogP contribution in [0.15, 0.2) is 23.2 Å². The molecular weight excluding hydrogens is 544 g/mol. The number of halogens is 2. The molecule has 0 aliphatic rings. The first-order valence-corrected chi connectivity index (χ1v) is 15.1. The molecule has 0 bridgehead atoms. The Hall–Kier alpha value is -0.300. The average molecular weight is 567 g/mol. The molecule has 1 aromatic rings. The van der Waals surface area contributed by atoms with Crippen molar-refractivity contribution in [1.82, 2.24) is 0 Å². The molecule has 0 aromatic heterocycles. The first-order valence-electron chi connectivity index (χ1n) is 6.96. The zero-order valence-electron chi connectivity index (χ0n) is 13.3. The minimum absolute atomic E-state index is 0.122. The Morgan fingerprint density at radius 1 is 1.17 bits per heavy atom. The fourth-order valence-corrected chi connectivity index (χ4v) is 2.46. The third-order valence-electron chi connectivity index (χ3n) is 2.78. The predicted molar refractivity (Wildman–Crippen MR) is 113 cm³/mol. The number of rotatable bonds is 8. The van der Waals surface area contributed by atoms with Gasteiger partial charge in [-0.05, 0) is 49.4 Å². The molecule has 0 amide bonds. The molecule has 23 heavy (non-hydrogen) atoms. The smallest absolute Gasteiger partial charge is 0.306 e. The van der Waals surface area contributed by atoms with Crippen LogP contribution in [0.3, 0.4) is 0 Å². The summed E-state index contributed by atoms with van der Waals surface area (Å²) in [6.07, 6.45) is 4.83. The Balaban J connectivity index is 0.00000232. The van der Waals surface area contributed by atoms with Crippen molar-refractivity contribution in [3.05, 3.63) is 29.3 Å². The summed E-state index contributed by atoms with van der Waals surface area (Å²) in [5.41, 5.74) is 12.5. The van der Waals surface area contributed by atoms with Crippen molar-refractivity contribution < 1.29 is 12.6 Å². The zero-order chi connectivity index (χ0) is 17.9. The lowest BCUT2D eigenvalue weighted by Gasteiger charge is -2.08. The lowest BCUT2D eigenvalue weighted by Crippen LogP contribution is -2.22. The maximum absolute atomic E-state index is 11.2. The van der Waals surface area contributed by atoms with Crippen LogP contribution in [0.2, 0.25) is 0 Å². The van der Waals surface area contributed by atoms with Crippen LogP contribution in [0.1, 0.15) is 30.4 Å². The van der Waals surface area contributed by atoms with Gasteiger partial charge in [0.05, 0.1) is 6.26 Å². The fourth-order valence-electron chi connectivity index (χ4n) is 2.02. The summed E-state index contributed by atoms with van der Waals surface area (Å²) in [5, 5.41) is 0. The molecule has 0 saturated carbocycles. The van der Waals surface area contributed by atoms with Gasteiger partial charge in [0.25, 0.3) is 0 Å². The number of benzene rings is 1. The van der Waals surface area contributed by atoms with E-state index in [0.29, 0.717) is 12.3 Å². The van der Waals surface area contributed by atoms with E-state index in [2.05, 4.69) is 42.2 Å². The molecule has 1 rings (SSSR count). The van der Waals surface area contributed by atoms with E-state index < -0.39 is 10.1 Å². The molecule has 0 heterocycles. The maximum atomic E-state index is 11.2. The number of hydrogen-bond acceptors (Lipinski definition) is 4. The highest BCUT2D eigenvalue weighted by molar-refractivity contribution is 15.0. The quantitative estimate of drug-likeness (QED) is 0.165. The summed E-state index contributed by atoms with van der Waals surface area (Å²) in [5.74, 6) is 0.490. The van der Waals surface area contributed by atoms with Crippen molar-refractivity contribution in [3.63, 3.8) is 0 Å². The number of guanidine groups is 1. The number of nitrogens with two attached hydrogens (primary N) is 2. The van der Waals surface area contributed by atoms with Crippen LogP contribution in [0.5, 0.6) is 5.75 Å². The van der Waals surface area contributed by atoms with E-state index >= 15 is 0 Å². The molecule has 0 saturated heterocycles. The molecule has 0 fully saturated rings. The number of nitrogens with zero attached hydrogens (tertiary/aromatic N) is 1. The molecule has 0 unspecified atom stereocenters.